The fraction of sp³-hybridized carbons (Fsp3) is 0.647. The van der Waals surface area contributed by atoms with E-state index in [0.717, 1.165) is 44.8 Å². The predicted octanol–water partition coefficient (Wildman–Crippen LogP) is 0.133. The number of aromatic nitrogens is 1. The van der Waals surface area contributed by atoms with Gasteiger partial charge in [-0.15, -0.1) is 0 Å². The Morgan fingerprint density at radius 3 is 2.65 bits per heavy atom. The average Bonchev–Trinajstić information content (AvgIpc) is 3.19. The summed E-state index contributed by atoms with van der Waals surface area (Å²) in [5, 5.41) is 3.43. The van der Waals surface area contributed by atoms with Crippen molar-refractivity contribution in [1.82, 2.24) is 20.1 Å². The van der Waals surface area contributed by atoms with Gasteiger partial charge in [0.25, 0.3) is 0 Å². The molecule has 0 spiro atoms. The molecule has 3 aliphatic heterocycles. The van der Waals surface area contributed by atoms with Crippen molar-refractivity contribution in [3.8, 4) is 0 Å². The van der Waals surface area contributed by atoms with Crippen LogP contribution in [-0.2, 0) is 9.53 Å². The van der Waals surface area contributed by atoms with Crippen LogP contribution in [0.5, 0.6) is 0 Å². The van der Waals surface area contributed by atoms with E-state index in [9.17, 15) is 4.79 Å². The number of carbonyl (C=O) groups is 1. The van der Waals surface area contributed by atoms with Crippen LogP contribution >= 0.6 is 0 Å². The van der Waals surface area contributed by atoms with E-state index in [2.05, 4.69) is 20.1 Å². The van der Waals surface area contributed by atoms with Gasteiger partial charge in [0.1, 0.15) is 6.04 Å². The topological polar surface area (TPSA) is 57.7 Å². The molecule has 124 valence electrons. The summed E-state index contributed by atoms with van der Waals surface area (Å²) >= 11 is 0. The summed E-state index contributed by atoms with van der Waals surface area (Å²) in [7, 11) is 0. The van der Waals surface area contributed by atoms with Crippen LogP contribution in [0, 0.1) is 11.8 Å². The molecular formula is C17H24N4O2. The van der Waals surface area contributed by atoms with E-state index >= 15 is 0 Å². The van der Waals surface area contributed by atoms with Gasteiger partial charge in [-0.1, -0.05) is 6.07 Å². The maximum Gasteiger partial charge on any atom is 0.244 e. The fourth-order valence-electron chi connectivity index (χ4n) is 4.09. The minimum atomic E-state index is -0.223. The van der Waals surface area contributed by atoms with Gasteiger partial charge in [0, 0.05) is 51.7 Å². The van der Waals surface area contributed by atoms with Crippen molar-refractivity contribution in [2.75, 3.05) is 52.5 Å². The van der Waals surface area contributed by atoms with Crippen molar-refractivity contribution in [3.05, 3.63) is 30.1 Å². The average molecular weight is 316 g/mol. The molecule has 1 aromatic heterocycles. The predicted molar refractivity (Wildman–Crippen MR) is 85.8 cm³/mol. The Morgan fingerprint density at radius 2 is 2.00 bits per heavy atom. The van der Waals surface area contributed by atoms with E-state index < -0.39 is 0 Å². The monoisotopic (exact) mass is 316 g/mol. The highest BCUT2D eigenvalue weighted by Crippen LogP contribution is 2.31. The number of nitrogens with zero attached hydrogens (tertiary/aromatic N) is 3. The first-order chi connectivity index (χ1) is 11.3. The molecule has 3 saturated heterocycles. The van der Waals surface area contributed by atoms with E-state index in [1.807, 2.05) is 18.3 Å². The number of carbonyl (C=O) groups excluding carboxylic acids is 1. The largest absolute Gasteiger partial charge is 0.379 e. The molecule has 6 heteroatoms. The molecule has 1 N–H and O–H groups in total. The van der Waals surface area contributed by atoms with Crippen molar-refractivity contribution >= 4 is 5.91 Å². The molecule has 1 amide bonds. The Morgan fingerprint density at radius 1 is 1.26 bits per heavy atom. The highest BCUT2D eigenvalue weighted by Gasteiger charge is 2.41. The van der Waals surface area contributed by atoms with Crippen LogP contribution in [0.1, 0.15) is 11.6 Å². The molecule has 1 aromatic rings. The van der Waals surface area contributed by atoms with Gasteiger partial charge < -0.3 is 15.0 Å². The summed E-state index contributed by atoms with van der Waals surface area (Å²) in [6.07, 6.45) is 3.59. The zero-order chi connectivity index (χ0) is 15.6. The summed E-state index contributed by atoms with van der Waals surface area (Å²) in [6, 6.07) is 3.71. The van der Waals surface area contributed by atoms with Crippen LogP contribution in [0.4, 0.5) is 0 Å². The third kappa shape index (κ3) is 2.98. The molecular weight excluding hydrogens is 292 g/mol. The molecule has 0 unspecified atom stereocenters. The van der Waals surface area contributed by atoms with Gasteiger partial charge in [0.15, 0.2) is 0 Å². The van der Waals surface area contributed by atoms with Gasteiger partial charge in [-0.3, -0.25) is 14.7 Å². The molecule has 0 saturated carbocycles. The zero-order valence-corrected chi connectivity index (χ0v) is 13.4. The van der Waals surface area contributed by atoms with Gasteiger partial charge in [0.05, 0.1) is 13.2 Å². The van der Waals surface area contributed by atoms with Crippen LogP contribution in [0.25, 0.3) is 0 Å². The minimum absolute atomic E-state index is 0.223. The minimum Gasteiger partial charge on any atom is -0.379 e. The maximum atomic E-state index is 13.3. The number of likely N-dealkylation sites (tertiary alicyclic amines) is 1. The van der Waals surface area contributed by atoms with Gasteiger partial charge in [-0.25, -0.2) is 0 Å². The summed E-state index contributed by atoms with van der Waals surface area (Å²) in [6.45, 7) is 6.85. The second kappa shape index (κ2) is 6.55. The summed E-state index contributed by atoms with van der Waals surface area (Å²) < 4.78 is 5.46. The fourth-order valence-corrected chi connectivity index (χ4v) is 4.09. The van der Waals surface area contributed by atoms with Crippen LogP contribution in [-0.4, -0.2) is 73.2 Å². The van der Waals surface area contributed by atoms with Crippen LogP contribution < -0.4 is 5.32 Å². The van der Waals surface area contributed by atoms with Gasteiger partial charge in [-0.05, 0) is 23.5 Å². The number of ether oxygens (including phenoxy) is 1. The number of fused-ring (bicyclic) bond motifs is 1. The third-order valence-electron chi connectivity index (χ3n) is 5.35. The smallest absolute Gasteiger partial charge is 0.244 e. The van der Waals surface area contributed by atoms with Crippen molar-refractivity contribution in [2.45, 2.75) is 6.04 Å². The lowest BCUT2D eigenvalue weighted by Crippen LogP contribution is -2.47. The summed E-state index contributed by atoms with van der Waals surface area (Å²) in [5.41, 5.74) is 0.995. The molecule has 0 aromatic carbocycles. The maximum absolute atomic E-state index is 13.3. The van der Waals surface area contributed by atoms with E-state index in [0.29, 0.717) is 25.0 Å². The van der Waals surface area contributed by atoms with Crippen molar-refractivity contribution < 1.29 is 9.53 Å². The Labute approximate surface area is 136 Å². The Bertz CT molecular complexity index is 535. The Kier molecular flexibility index (Phi) is 4.29. The van der Waals surface area contributed by atoms with Gasteiger partial charge in [-0.2, -0.15) is 0 Å². The lowest BCUT2D eigenvalue weighted by atomic mass is 10.0. The first-order valence-electron chi connectivity index (χ1n) is 8.54. The lowest BCUT2D eigenvalue weighted by Gasteiger charge is -2.35. The van der Waals surface area contributed by atoms with Crippen LogP contribution in [0.3, 0.4) is 0 Å². The quantitative estimate of drug-likeness (QED) is 0.859. The van der Waals surface area contributed by atoms with Crippen molar-refractivity contribution in [3.63, 3.8) is 0 Å². The molecule has 23 heavy (non-hydrogen) atoms. The number of rotatable bonds is 3. The number of pyridine rings is 1. The van der Waals surface area contributed by atoms with Gasteiger partial charge >= 0.3 is 0 Å². The molecule has 0 bridgehead atoms. The molecule has 3 aliphatic rings. The molecule has 4 heterocycles. The summed E-state index contributed by atoms with van der Waals surface area (Å²) in [5.74, 6) is 1.48. The number of hydrogen-bond donors (Lipinski definition) is 1. The molecule has 0 aliphatic carbocycles. The Balaban J connectivity index is 1.56. The number of hydrogen-bond acceptors (Lipinski definition) is 5. The lowest BCUT2D eigenvalue weighted by molar-refractivity contribution is -0.138. The van der Waals surface area contributed by atoms with Crippen LogP contribution in [0.15, 0.2) is 24.5 Å². The standard InChI is InChI=1S/C17H24N4O2/c22-17(21-11-14-9-19-10-15(14)12-21)16(13-2-1-3-18-8-13)20-4-6-23-7-5-20/h1-3,8,14-16,19H,4-7,9-12H2/t14-,15+,16-/m1/s1. The van der Waals surface area contributed by atoms with E-state index in [1.54, 1.807) is 6.20 Å². The van der Waals surface area contributed by atoms with Crippen molar-refractivity contribution in [1.29, 1.82) is 0 Å². The highest BCUT2D eigenvalue weighted by atomic mass is 16.5. The number of amides is 1. The number of nitrogens with one attached hydrogen (secondary N) is 1. The normalized spacial score (nSPS) is 29.5. The van der Waals surface area contributed by atoms with E-state index in [-0.39, 0.29) is 11.9 Å². The SMILES string of the molecule is O=C([C@@H](c1cccnc1)N1CCOCC1)N1C[C@H]2CNC[C@H]2C1. The molecule has 6 nitrogen and oxygen atoms in total. The highest BCUT2D eigenvalue weighted by molar-refractivity contribution is 5.83. The van der Waals surface area contributed by atoms with E-state index in [4.69, 9.17) is 4.74 Å². The first kappa shape index (κ1) is 15.1. The van der Waals surface area contributed by atoms with Crippen LogP contribution in [0.2, 0.25) is 0 Å². The third-order valence-corrected chi connectivity index (χ3v) is 5.35. The van der Waals surface area contributed by atoms with Gasteiger partial charge in [0.2, 0.25) is 5.91 Å². The second-order valence-electron chi connectivity index (χ2n) is 6.76. The summed E-state index contributed by atoms with van der Waals surface area (Å²) in [4.78, 5) is 21.8. The van der Waals surface area contributed by atoms with E-state index in [1.165, 1.54) is 0 Å². The Hall–Kier alpha value is -1.50. The second-order valence-corrected chi connectivity index (χ2v) is 6.76. The molecule has 0 radical (unpaired) electrons. The molecule has 3 atom stereocenters. The molecule has 4 rings (SSSR count). The number of morpholine rings is 1. The first-order valence-corrected chi connectivity index (χ1v) is 8.54. The zero-order valence-electron chi connectivity index (χ0n) is 13.4. The molecule has 3 fully saturated rings. The van der Waals surface area contributed by atoms with Crippen molar-refractivity contribution in [2.24, 2.45) is 11.8 Å².